The molecule has 0 heterocycles. The molecule has 0 amide bonds. The van der Waals surface area contributed by atoms with Crippen LogP contribution < -0.4 is 0 Å². The van der Waals surface area contributed by atoms with Crippen molar-refractivity contribution in [2.75, 3.05) is 0 Å². The Balaban J connectivity index is 1.82. The Hall–Kier alpha value is -1.45. The summed E-state index contributed by atoms with van der Waals surface area (Å²) in [6.45, 7) is 6.56. The molecule has 114 valence electrons. The maximum absolute atomic E-state index is 13.7. The number of hydrogen-bond donors (Lipinski definition) is 0. The second-order valence-electron chi connectivity index (χ2n) is 7.13. The van der Waals surface area contributed by atoms with Crippen molar-refractivity contribution in [1.29, 1.82) is 0 Å². The van der Waals surface area contributed by atoms with Gasteiger partial charge in [-0.15, -0.1) is 0 Å². The number of carbonyl (C=O) groups is 1. The van der Waals surface area contributed by atoms with Crippen LogP contribution in [0.4, 0.5) is 8.78 Å². The molecule has 0 N–H and O–H groups in total. The lowest BCUT2D eigenvalue weighted by molar-refractivity contribution is -0.0246. The molecule has 3 atom stereocenters. The third-order valence-corrected chi connectivity index (χ3v) is 6.11. The van der Waals surface area contributed by atoms with Gasteiger partial charge in [0.2, 0.25) is 0 Å². The molecule has 2 fully saturated rings. The van der Waals surface area contributed by atoms with Gasteiger partial charge < -0.3 is 4.74 Å². The molecule has 1 aromatic carbocycles. The highest BCUT2D eigenvalue weighted by molar-refractivity contribution is 5.89. The lowest BCUT2D eigenvalue weighted by atomic mass is 9.70. The first kappa shape index (κ1) is 14.5. The first-order chi connectivity index (χ1) is 9.75. The second kappa shape index (κ2) is 4.52. The van der Waals surface area contributed by atoms with Crippen LogP contribution in [0.25, 0.3) is 0 Å². The Morgan fingerprint density at radius 2 is 2.00 bits per heavy atom. The summed E-state index contributed by atoms with van der Waals surface area (Å²) in [4.78, 5) is 12.2. The molecule has 0 aromatic heterocycles. The highest BCUT2D eigenvalue weighted by Gasteiger charge is 2.62. The highest BCUT2D eigenvalue weighted by atomic mass is 19.1. The molecule has 2 aliphatic rings. The van der Waals surface area contributed by atoms with E-state index in [1.54, 1.807) is 0 Å². The smallest absolute Gasteiger partial charge is 0.341 e. The summed E-state index contributed by atoms with van der Waals surface area (Å²) in [5.41, 5.74) is -0.297. The zero-order valence-electron chi connectivity index (χ0n) is 12.6. The van der Waals surface area contributed by atoms with E-state index in [1.165, 1.54) is 0 Å². The van der Waals surface area contributed by atoms with E-state index in [4.69, 9.17) is 4.74 Å². The molecule has 2 bridgehead atoms. The minimum atomic E-state index is -0.762. The highest BCUT2D eigenvalue weighted by Crippen LogP contribution is 2.66. The van der Waals surface area contributed by atoms with Crippen molar-refractivity contribution >= 4 is 5.97 Å². The molecule has 3 rings (SSSR count). The molecule has 21 heavy (non-hydrogen) atoms. The normalized spacial score (nSPS) is 33.2. The van der Waals surface area contributed by atoms with Crippen LogP contribution in [0, 0.1) is 28.4 Å². The number of halogens is 2. The summed E-state index contributed by atoms with van der Waals surface area (Å²) in [5, 5.41) is 0. The Morgan fingerprint density at radius 1 is 1.29 bits per heavy atom. The molecule has 0 radical (unpaired) electrons. The number of ether oxygens (including phenoxy) is 1. The van der Waals surface area contributed by atoms with Crippen molar-refractivity contribution in [2.24, 2.45) is 16.7 Å². The van der Waals surface area contributed by atoms with E-state index in [2.05, 4.69) is 20.8 Å². The van der Waals surface area contributed by atoms with Crippen molar-refractivity contribution in [1.82, 2.24) is 0 Å². The quantitative estimate of drug-likeness (QED) is 0.759. The SMILES string of the molecule is CC1(C)C2CCC1(C)C(OC(=O)c1cc(F)ccc1F)C2. The molecule has 4 heteroatoms. The fourth-order valence-electron chi connectivity index (χ4n) is 4.16. The van der Waals surface area contributed by atoms with Gasteiger partial charge in [0.1, 0.15) is 17.7 Å². The third kappa shape index (κ3) is 1.99. The van der Waals surface area contributed by atoms with Gasteiger partial charge in [0, 0.05) is 5.41 Å². The average molecular weight is 294 g/mol. The van der Waals surface area contributed by atoms with Crippen LogP contribution in [0.15, 0.2) is 18.2 Å². The zero-order chi connectivity index (χ0) is 15.4. The van der Waals surface area contributed by atoms with Crippen LogP contribution in [-0.4, -0.2) is 12.1 Å². The van der Waals surface area contributed by atoms with E-state index in [-0.39, 0.29) is 22.5 Å². The Kier molecular flexibility index (Phi) is 3.12. The number of benzene rings is 1. The van der Waals surface area contributed by atoms with E-state index < -0.39 is 17.6 Å². The van der Waals surface area contributed by atoms with Gasteiger partial charge in [-0.05, 0) is 48.8 Å². The fraction of sp³-hybridized carbons (Fsp3) is 0.588. The molecule has 2 nitrogen and oxygen atoms in total. The number of fused-ring (bicyclic) bond motifs is 2. The summed E-state index contributed by atoms with van der Waals surface area (Å²) in [7, 11) is 0. The van der Waals surface area contributed by atoms with Crippen LogP contribution in [-0.2, 0) is 4.74 Å². The van der Waals surface area contributed by atoms with Gasteiger partial charge in [-0.1, -0.05) is 20.8 Å². The van der Waals surface area contributed by atoms with Crippen LogP contribution >= 0.6 is 0 Å². The van der Waals surface area contributed by atoms with Gasteiger partial charge in [-0.25, -0.2) is 13.6 Å². The van der Waals surface area contributed by atoms with E-state index in [9.17, 15) is 13.6 Å². The number of esters is 1. The van der Waals surface area contributed by atoms with Crippen LogP contribution in [0.2, 0.25) is 0 Å². The Labute approximate surface area is 123 Å². The van der Waals surface area contributed by atoms with Crippen molar-refractivity contribution in [3.05, 3.63) is 35.4 Å². The Morgan fingerprint density at radius 3 is 2.57 bits per heavy atom. The summed E-state index contributed by atoms with van der Waals surface area (Å²) >= 11 is 0. The molecule has 2 saturated carbocycles. The predicted molar refractivity (Wildman–Crippen MR) is 74.8 cm³/mol. The molecule has 3 unspecified atom stereocenters. The Bertz CT molecular complexity index is 596. The molecular weight excluding hydrogens is 274 g/mol. The van der Waals surface area contributed by atoms with E-state index >= 15 is 0 Å². The lowest BCUT2D eigenvalue weighted by Crippen LogP contribution is -2.38. The summed E-state index contributed by atoms with van der Waals surface area (Å²) < 4.78 is 32.4. The van der Waals surface area contributed by atoms with E-state index in [0.29, 0.717) is 5.92 Å². The average Bonchev–Trinajstić information content (AvgIpc) is 2.74. The second-order valence-corrected chi connectivity index (χ2v) is 7.13. The first-order valence-electron chi connectivity index (χ1n) is 7.42. The standard InChI is InChI=1S/C17H20F2O2/c1-16(2)10-6-7-17(16,3)14(8-10)21-15(20)12-9-11(18)4-5-13(12)19/h4-5,9-10,14H,6-8H2,1-3H3. The van der Waals surface area contributed by atoms with Crippen LogP contribution in [0.3, 0.4) is 0 Å². The molecule has 1 aromatic rings. The van der Waals surface area contributed by atoms with Crippen molar-refractivity contribution in [2.45, 2.75) is 46.1 Å². The molecule has 0 aliphatic heterocycles. The first-order valence-corrected chi connectivity index (χ1v) is 7.42. The summed E-state index contributed by atoms with van der Waals surface area (Å²) in [6.07, 6.45) is 2.74. The molecule has 2 aliphatic carbocycles. The maximum atomic E-state index is 13.7. The lowest BCUT2D eigenvalue weighted by Gasteiger charge is -2.38. The summed E-state index contributed by atoms with van der Waals surface area (Å²) in [6, 6.07) is 2.85. The maximum Gasteiger partial charge on any atom is 0.341 e. The zero-order valence-corrected chi connectivity index (χ0v) is 12.6. The van der Waals surface area contributed by atoms with Gasteiger partial charge in [-0.3, -0.25) is 0 Å². The summed E-state index contributed by atoms with van der Waals surface area (Å²) in [5.74, 6) is -1.61. The van der Waals surface area contributed by atoms with Gasteiger partial charge in [0.15, 0.2) is 0 Å². The minimum absolute atomic E-state index is 0.0862. The molecule has 0 saturated heterocycles. The number of hydrogen-bond acceptors (Lipinski definition) is 2. The van der Waals surface area contributed by atoms with Crippen molar-refractivity contribution in [3.8, 4) is 0 Å². The van der Waals surface area contributed by atoms with Crippen LogP contribution in [0.5, 0.6) is 0 Å². The van der Waals surface area contributed by atoms with E-state index in [0.717, 1.165) is 37.5 Å². The van der Waals surface area contributed by atoms with Crippen LogP contribution in [0.1, 0.15) is 50.4 Å². The molecular formula is C17H20F2O2. The fourth-order valence-corrected chi connectivity index (χ4v) is 4.16. The molecule has 0 spiro atoms. The van der Waals surface area contributed by atoms with Gasteiger partial charge in [-0.2, -0.15) is 0 Å². The monoisotopic (exact) mass is 294 g/mol. The van der Waals surface area contributed by atoms with Gasteiger partial charge >= 0.3 is 5.97 Å². The number of carbonyl (C=O) groups excluding carboxylic acids is 1. The predicted octanol–water partition coefficient (Wildman–Crippen LogP) is 4.34. The minimum Gasteiger partial charge on any atom is -0.458 e. The van der Waals surface area contributed by atoms with Gasteiger partial charge in [0.25, 0.3) is 0 Å². The largest absolute Gasteiger partial charge is 0.458 e. The third-order valence-electron chi connectivity index (χ3n) is 6.11. The number of rotatable bonds is 2. The van der Waals surface area contributed by atoms with Gasteiger partial charge in [0.05, 0.1) is 5.56 Å². The van der Waals surface area contributed by atoms with E-state index in [1.807, 2.05) is 0 Å². The van der Waals surface area contributed by atoms with Crippen molar-refractivity contribution < 1.29 is 18.3 Å². The van der Waals surface area contributed by atoms with Crippen molar-refractivity contribution in [3.63, 3.8) is 0 Å². The topological polar surface area (TPSA) is 26.3 Å².